The maximum Gasteiger partial charge on any atom is 0.145 e. The molecular weight excluding hydrogens is 1720 g/mol. The number of pyridine rings is 1. The van der Waals surface area contributed by atoms with E-state index in [1.165, 1.54) is 190 Å². The predicted molar refractivity (Wildman–Crippen MR) is 604 cm³/mol. The summed E-state index contributed by atoms with van der Waals surface area (Å²) in [6.07, 6.45) is 0. The smallest absolute Gasteiger partial charge is 0.145 e. The molecule has 0 aliphatic heterocycles. The standard InChI is InChI=1S/C69H42N2.C68H41N3/c1-3-17-43(18-4-1)69-70-67-41-44(33-36-68(67)71(69)48-19-5-2-6-20-48)47-39-61(45-31-34-59-53-25-9-7-21-49(53)51-23-11-14-28-56(51)63(59)37-45)66-42-62(55-27-13-16-30-58(55)65(66)40-47)46-32-35-60-54-26-10-8-22-50(54)52-24-12-15-29-57(52)64(60)38-46;1-2-16-43(17-3-1)68-70-64-28-14-15-29-66(64)71(68)46-34-30-42(31-35-46)65-41-60(45-33-37-57-52-23-7-5-19-48(52)50-21-9-11-25-54(50)62(57)39-45)63-40-59(55-26-12-13-27-58(55)67(63)69-65)44-32-36-56-51-22-6-4-18-47(51)49-20-8-10-24-53(49)61(56)38-44/h1-42H;1-41H. The van der Waals surface area contributed by atoms with Gasteiger partial charge in [0.2, 0.25) is 0 Å². The molecule has 142 heavy (non-hydrogen) atoms. The Labute approximate surface area is 817 Å². The Morgan fingerprint density at radius 1 is 0.127 bits per heavy atom. The zero-order valence-corrected chi connectivity index (χ0v) is 77.2. The highest BCUT2D eigenvalue weighted by molar-refractivity contribution is 6.32. The average molecular weight is 1800 g/mol. The predicted octanol–water partition coefficient (Wildman–Crippen LogP) is 37.2. The molecule has 3 aromatic heterocycles. The molecular formula is C137H83N5. The Morgan fingerprint density at radius 3 is 0.803 bits per heavy atom. The Hall–Kier alpha value is -18.8. The summed E-state index contributed by atoms with van der Waals surface area (Å²) in [5, 5.41) is 38.7. The van der Waals surface area contributed by atoms with Crippen molar-refractivity contribution in [3.8, 4) is 101 Å². The van der Waals surface area contributed by atoms with Crippen LogP contribution in [-0.4, -0.2) is 24.1 Å². The SMILES string of the molecule is c1ccc(-c2nc3cc(-c4cc(-c5ccc6c7ccccc7c7ccccc7c6c5)c5cc(-c6ccc7c8ccccc8c8ccccc8c7c6)c6ccccc6c5c4)ccc3n2-c2ccccc2)cc1.c1ccc(-c2nc3ccccc3n2-c2ccc(-c3cc(-c4ccc5c6ccccc6c6ccccc6c5c4)c4cc(-c5ccc6c7ccccc7c7ccccc7c6c5)c5ccccc5c4n3)cc2)cc1. The van der Waals surface area contributed by atoms with E-state index < -0.39 is 0 Å². The zero-order valence-electron chi connectivity index (χ0n) is 77.2. The van der Waals surface area contributed by atoms with Crippen molar-refractivity contribution in [2.75, 3.05) is 0 Å². The average Bonchev–Trinajstić information content (AvgIpc) is 0.966. The van der Waals surface area contributed by atoms with Crippen molar-refractivity contribution >= 4 is 195 Å². The molecule has 0 spiro atoms. The number of benzene rings is 27. The molecule has 0 saturated heterocycles. The second kappa shape index (κ2) is 32.4. The third-order valence-corrected chi connectivity index (χ3v) is 30.1. The molecule has 0 aliphatic rings. The number of hydrogen-bond acceptors (Lipinski definition) is 3. The first-order valence-corrected chi connectivity index (χ1v) is 48.9. The van der Waals surface area contributed by atoms with Crippen LogP contribution in [0.15, 0.2) is 504 Å². The lowest BCUT2D eigenvalue weighted by atomic mass is 9.85. The number of aromatic nitrogens is 5. The van der Waals surface area contributed by atoms with E-state index in [2.05, 4.69) is 513 Å². The van der Waals surface area contributed by atoms with Crippen LogP contribution in [0, 0.1) is 0 Å². The summed E-state index contributed by atoms with van der Waals surface area (Å²) in [7, 11) is 0. The second-order valence-electron chi connectivity index (χ2n) is 37.8. The van der Waals surface area contributed by atoms with Crippen LogP contribution in [0.4, 0.5) is 0 Å². The Morgan fingerprint density at radius 2 is 0.394 bits per heavy atom. The molecule has 0 N–H and O–H groups in total. The van der Waals surface area contributed by atoms with Crippen LogP contribution >= 0.6 is 0 Å². The molecule has 30 aromatic rings. The summed E-state index contributed by atoms with van der Waals surface area (Å²) in [6.45, 7) is 0. The molecule has 0 unspecified atom stereocenters. The van der Waals surface area contributed by atoms with E-state index in [9.17, 15) is 0 Å². The van der Waals surface area contributed by atoms with E-state index in [4.69, 9.17) is 15.0 Å². The van der Waals surface area contributed by atoms with Crippen molar-refractivity contribution < 1.29 is 0 Å². The highest BCUT2D eigenvalue weighted by Gasteiger charge is 2.26. The third-order valence-electron chi connectivity index (χ3n) is 30.1. The molecule has 0 radical (unpaired) electrons. The first-order valence-electron chi connectivity index (χ1n) is 48.9. The van der Waals surface area contributed by atoms with Crippen molar-refractivity contribution in [2.45, 2.75) is 0 Å². The molecule has 27 aromatic carbocycles. The van der Waals surface area contributed by atoms with Gasteiger partial charge in [-0.2, -0.15) is 0 Å². The minimum absolute atomic E-state index is 0.914. The van der Waals surface area contributed by atoms with Gasteiger partial charge < -0.3 is 0 Å². The number of fused-ring (bicyclic) bond motifs is 32. The van der Waals surface area contributed by atoms with Crippen LogP contribution < -0.4 is 0 Å². The fraction of sp³-hybridized carbons (Fsp3) is 0. The normalized spacial score (nSPS) is 11.9. The largest absolute Gasteiger partial charge is 0.292 e. The Balaban J connectivity index is 0.000000136. The number of nitrogens with zero attached hydrogens (tertiary/aromatic N) is 5. The zero-order chi connectivity index (χ0) is 93.1. The van der Waals surface area contributed by atoms with Crippen molar-refractivity contribution in [2.24, 2.45) is 0 Å². The fourth-order valence-electron chi connectivity index (χ4n) is 23.6. The Bertz CT molecular complexity index is 10400. The van der Waals surface area contributed by atoms with Gasteiger partial charge in [0.05, 0.1) is 33.3 Å². The van der Waals surface area contributed by atoms with Crippen LogP contribution in [0.5, 0.6) is 0 Å². The van der Waals surface area contributed by atoms with Crippen LogP contribution in [0.1, 0.15) is 0 Å². The van der Waals surface area contributed by atoms with Gasteiger partial charge in [0, 0.05) is 38.8 Å². The molecule has 3 heterocycles. The maximum absolute atomic E-state index is 5.66. The minimum Gasteiger partial charge on any atom is -0.292 e. The maximum atomic E-state index is 5.66. The van der Waals surface area contributed by atoms with Gasteiger partial charge in [0.1, 0.15) is 11.6 Å². The second-order valence-corrected chi connectivity index (χ2v) is 37.8. The van der Waals surface area contributed by atoms with Gasteiger partial charge in [-0.3, -0.25) is 9.13 Å². The first-order chi connectivity index (χ1) is 70.4. The molecule has 0 aliphatic carbocycles. The van der Waals surface area contributed by atoms with Crippen LogP contribution in [0.25, 0.3) is 296 Å². The lowest BCUT2D eigenvalue weighted by Gasteiger charge is -2.18. The highest BCUT2D eigenvalue weighted by Crippen LogP contribution is 2.51. The molecule has 30 rings (SSSR count). The Kier molecular flexibility index (Phi) is 18.4. The van der Waals surface area contributed by atoms with Crippen molar-refractivity contribution in [1.29, 1.82) is 0 Å². The van der Waals surface area contributed by atoms with Gasteiger partial charge in [-0.1, -0.05) is 400 Å². The van der Waals surface area contributed by atoms with Crippen LogP contribution in [-0.2, 0) is 0 Å². The van der Waals surface area contributed by atoms with E-state index in [0.29, 0.717) is 0 Å². The van der Waals surface area contributed by atoms with E-state index in [-0.39, 0.29) is 0 Å². The lowest BCUT2D eigenvalue weighted by Crippen LogP contribution is -1.98. The number of hydrogen-bond donors (Lipinski definition) is 0. The monoisotopic (exact) mass is 1800 g/mol. The molecule has 656 valence electrons. The highest BCUT2D eigenvalue weighted by atomic mass is 15.1. The number of para-hydroxylation sites is 3. The minimum atomic E-state index is 0.914. The molecule has 5 heteroatoms. The van der Waals surface area contributed by atoms with E-state index in [1.54, 1.807) is 0 Å². The first kappa shape index (κ1) is 80.5. The number of rotatable bonds is 10. The van der Waals surface area contributed by atoms with Gasteiger partial charge in [-0.25, -0.2) is 15.0 Å². The van der Waals surface area contributed by atoms with Crippen LogP contribution in [0.3, 0.4) is 0 Å². The topological polar surface area (TPSA) is 48.5 Å². The lowest BCUT2D eigenvalue weighted by molar-refractivity contribution is 1.10. The summed E-state index contributed by atoms with van der Waals surface area (Å²) in [5.74, 6) is 1.84. The third kappa shape index (κ3) is 12.8. The van der Waals surface area contributed by atoms with Crippen molar-refractivity contribution in [3.05, 3.63) is 504 Å². The fourth-order valence-corrected chi connectivity index (χ4v) is 23.6. The summed E-state index contributed by atoms with van der Waals surface area (Å²) < 4.78 is 4.56. The molecule has 5 nitrogen and oxygen atoms in total. The quantitative estimate of drug-likeness (QED) is 0.128. The van der Waals surface area contributed by atoms with Gasteiger partial charge in [-0.05, 0) is 315 Å². The summed E-state index contributed by atoms with van der Waals surface area (Å²) >= 11 is 0. The van der Waals surface area contributed by atoms with E-state index >= 15 is 0 Å². The van der Waals surface area contributed by atoms with Crippen molar-refractivity contribution in [1.82, 2.24) is 24.1 Å². The number of imidazole rings is 2. The molecule has 0 saturated carbocycles. The molecule has 0 amide bonds. The van der Waals surface area contributed by atoms with E-state index in [1.807, 2.05) is 0 Å². The van der Waals surface area contributed by atoms with E-state index in [0.717, 1.165) is 106 Å². The summed E-state index contributed by atoms with van der Waals surface area (Å²) in [5.41, 5.74) is 23.0. The molecule has 0 fully saturated rings. The van der Waals surface area contributed by atoms with Gasteiger partial charge in [0.25, 0.3) is 0 Å². The van der Waals surface area contributed by atoms with Crippen LogP contribution in [0.2, 0.25) is 0 Å². The van der Waals surface area contributed by atoms with Crippen molar-refractivity contribution in [3.63, 3.8) is 0 Å². The summed E-state index contributed by atoms with van der Waals surface area (Å²) in [4.78, 5) is 16.2. The van der Waals surface area contributed by atoms with Gasteiger partial charge in [0.15, 0.2) is 0 Å². The van der Waals surface area contributed by atoms with Gasteiger partial charge in [-0.15, -0.1) is 0 Å². The summed E-state index contributed by atoms with van der Waals surface area (Å²) in [6, 6.07) is 185. The molecule has 0 bridgehead atoms. The molecule has 0 atom stereocenters. The van der Waals surface area contributed by atoms with Gasteiger partial charge >= 0.3 is 0 Å².